The van der Waals surface area contributed by atoms with E-state index in [-0.39, 0.29) is 10.9 Å². The number of hydrogen-bond donors (Lipinski definition) is 2. The van der Waals surface area contributed by atoms with Crippen LogP contribution >= 0.6 is 15.9 Å². The van der Waals surface area contributed by atoms with Gasteiger partial charge in [-0.3, -0.25) is 0 Å². The quantitative estimate of drug-likeness (QED) is 0.790. The Morgan fingerprint density at radius 2 is 2.00 bits per heavy atom. The third-order valence-corrected chi connectivity index (χ3v) is 6.47. The van der Waals surface area contributed by atoms with Crippen LogP contribution in [0.5, 0.6) is 0 Å². The van der Waals surface area contributed by atoms with Gasteiger partial charge in [-0.1, -0.05) is 42.1 Å². The average molecular weight is 375 g/mol. The average Bonchev–Trinajstić information content (AvgIpc) is 2.43. The Bertz CT molecular complexity index is 616. The summed E-state index contributed by atoms with van der Waals surface area (Å²) in [6.07, 6.45) is 5.30. The maximum Gasteiger partial charge on any atom is 0.241 e. The van der Waals surface area contributed by atoms with Crippen LogP contribution in [0.1, 0.15) is 44.6 Å². The number of nitrogen functional groups attached to an aromatic ring is 1. The van der Waals surface area contributed by atoms with Gasteiger partial charge in [0.1, 0.15) is 0 Å². The number of sulfonamides is 1. The topological polar surface area (TPSA) is 72.2 Å². The highest BCUT2D eigenvalue weighted by molar-refractivity contribution is 9.10. The van der Waals surface area contributed by atoms with Crippen molar-refractivity contribution in [2.75, 3.05) is 5.73 Å². The van der Waals surface area contributed by atoms with Crippen molar-refractivity contribution < 1.29 is 8.42 Å². The van der Waals surface area contributed by atoms with Crippen LogP contribution < -0.4 is 10.5 Å². The molecule has 1 saturated carbocycles. The molecule has 0 amide bonds. The second-order valence-corrected chi connectivity index (χ2v) is 8.40. The maximum absolute atomic E-state index is 12.7. The zero-order valence-corrected chi connectivity index (χ0v) is 14.9. The second kappa shape index (κ2) is 6.67. The molecule has 1 aromatic carbocycles. The summed E-state index contributed by atoms with van der Waals surface area (Å²) in [5.74, 6) is 0.429. The van der Waals surface area contributed by atoms with Crippen molar-refractivity contribution in [2.45, 2.75) is 56.9 Å². The smallest absolute Gasteiger partial charge is 0.241 e. The first kappa shape index (κ1) is 16.8. The summed E-state index contributed by atoms with van der Waals surface area (Å²) in [5, 5.41) is 0. The third-order valence-electron chi connectivity index (χ3n) is 4.39. The Kier molecular flexibility index (Phi) is 5.33. The fourth-order valence-corrected chi connectivity index (χ4v) is 5.33. The number of hydrogen-bond acceptors (Lipinski definition) is 3. The van der Waals surface area contributed by atoms with E-state index in [9.17, 15) is 8.42 Å². The highest BCUT2D eigenvalue weighted by Crippen LogP contribution is 2.30. The molecule has 1 aromatic rings. The first-order chi connectivity index (χ1) is 9.85. The highest BCUT2D eigenvalue weighted by atomic mass is 79.9. The lowest BCUT2D eigenvalue weighted by Crippen LogP contribution is -2.42. The van der Waals surface area contributed by atoms with E-state index in [1.807, 2.05) is 0 Å². The lowest BCUT2D eigenvalue weighted by Gasteiger charge is -2.31. The van der Waals surface area contributed by atoms with Gasteiger partial charge in [-0.2, -0.15) is 0 Å². The lowest BCUT2D eigenvalue weighted by molar-refractivity contribution is 0.282. The Morgan fingerprint density at radius 1 is 1.33 bits per heavy atom. The Morgan fingerprint density at radius 3 is 2.67 bits per heavy atom. The number of anilines is 1. The molecule has 1 aliphatic rings. The monoisotopic (exact) mass is 374 g/mol. The molecular formula is C15H23BrN2O2S. The predicted octanol–water partition coefficient (Wildman–Crippen LogP) is 3.59. The first-order valence-electron chi connectivity index (χ1n) is 7.43. The van der Waals surface area contributed by atoms with Gasteiger partial charge in [0, 0.05) is 16.2 Å². The molecule has 6 heteroatoms. The van der Waals surface area contributed by atoms with Gasteiger partial charge < -0.3 is 5.73 Å². The maximum atomic E-state index is 12.7. The molecule has 3 N–H and O–H groups in total. The molecule has 1 fully saturated rings. The van der Waals surface area contributed by atoms with Crippen LogP contribution in [0, 0.1) is 12.8 Å². The van der Waals surface area contributed by atoms with E-state index in [1.54, 1.807) is 19.1 Å². The summed E-state index contributed by atoms with van der Waals surface area (Å²) in [4.78, 5) is 0.273. The van der Waals surface area contributed by atoms with Gasteiger partial charge in [0.15, 0.2) is 0 Å². The Balaban J connectivity index is 2.30. The highest BCUT2D eigenvalue weighted by Gasteiger charge is 2.29. The third kappa shape index (κ3) is 3.79. The second-order valence-electron chi connectivity index (χ2n) is 5.80. The number of nitrogens with two attached hydrogens (primary N) is 1. The molecule has 0 radical (unpaired) electrons. The van der Waals surface area contributed by atoms with Crippen LogP contribution in [-0.4, -0.2) is 14.5 Å². The van der Waals surface area contributed by atoms with E-state index < -0.39 is 10.0 Å². The van der Waals surface area contributed by atoms with Crippen molar-refractivity contribution in [1.82, 2.24) is 4.72 Å². The molecule has 0 saturated heterocycles. The zero-order valence-electron chi connectivity index (χ0n) is 12.5. The standard InChI is InChI=1S/C15H23BrN2O2S/c1-3-11-6-4-5-7-14(11)18-21(19,20)15-9-12(16)8-13(17)10(15)2/h8-9,11,14,18H,3-7,17H2,1-2H3. The van der Waals surface area contributed by atoms with Crippen LogP contribution in [0.25, 0.3) is 0 Å². The molecule has 0 spiro atoms. The summed E-state index contributed by atoms with van der Waals surface area (Å²) < 4.78 is 29.0. The van der Waals surface area contributed by atoms with Crippen molar-refractivity contribution in [3.8, 4) is 0 Å². The summed E-state index contributed by atoms with van der Waals surface area (Å²) >= 11 is 3.32. The fourth-order valence-electron chi connectivity index (χ4n) is 3.07. The van der Waals surface area contributed by atoms with Gasteiger partial charge >= 0.3 is 0 Å². The molecule has 2 rings (SSSR count). The first-order valence-corrected chi connectivity index (χ1v) is 9.70. The van der Waals surface area contributed by atoms with Gasteiger partial charge in [-0.25, -0.2) is 13.1 Å². The van der Waals surface area contributed by atoms with Crippen LogP contribution in [0.3, 0.4) is 0 Å². The minimum atomic E-state index is -3.54. The largest absolute Gasteiger partial charge is 0.398 e. The molecular weight excluding hydrogens is 352 g/mol. The van der Waals surface area contributed by atoms with Crippen molar-refractivity contribution in [3.63, 3.8) is 0 Å². The minimum absolute atomic E-state index is 0.0355. The molecule has 4 nitrogen and oxygen atoms in total. The summed E-state index contributed by atoms with van der Waals surface area (Å²) in [7, 11) is -3.54. The molecule has 21 heavy (non-hydrogen) atoms. The van der Waals surface area contributed by atoms with E-state index in [0.29, 0.717) is 21.6 Å². The Labute approximate surface area is 135 Å². The molecule has 0 bridgehead atoms. The van der Waals surface area contributed by atoms with E-state index in [4.69, 9.17) is 5.73 Å². The SMILES string of the molecule is CCC1CCCCC1NS(=O)(=O)c1cc(Br)cc(N)c1C. The molecule has 2 unspecified atom stereocenters. The number of halogens is 1. The van der Waals surface area contributed by atoms with Gasteiger partial charge in [-0.15, -0.1) is 0 Å². The Hall–Kier alpha value is -0.590. The predicted molar refractivity (Wildman–Crippen MR) is 89.6 cm³/mol. The molecule has 0 aromatic heterocycles. The molecule has 2 atom stereocenters. The summed E-state index contributed by atoms with van der Waals surface area (Å²) in [6, 6.07) is 3.38. The molecule has 0 heterocycles. The van der Waals surface area contributed by atoms with Gasteiger partial charge in [0.2, 0.25) is 10.0 Å². The summed E-state index contributed by atoms with van der Waals surface area (Å²) in [5.41, 5.74) is 6.98. The molecule has 0 aliphatic heterocycles. The normalized spacial score (nSPS) is 23.2. The van der Waals surface area contributed by atoms with E-state index in [0.717, 1.165) is 25.7 Å². The number of rotatable bonds is 4. The van der Waals surface area contributed by atoms with Crippen molar-refractivity contribution in [3.05, 3.63) is 22.2 Å². The fraction of sp³-hybridized carbons (Fsp3) is 0.600. The van der Waals surface area contributed by atoms with Crippen LogP contribution in [0.4, 0.5) is 5.69 Å². The summed E-state index contributed by atoms with van der Waals surface area (Å²) in [6.45, 7) is 3.87. The zero-order chi connectivity index (χ0) is 15.6. The lowest BCUT2D eigenvalue weighted by atomic mass is 9.83. The van der Waals surface area contributed by atoms with Crippen molar-refractivity contribution in [1.29, 1.82) is 0 Å². The minimum Gasteiger partial charge on any atom is -0.398 e. The van der Waals surface area contributed by atoms with Gasteiger partial charge in [0.05, 0.1) is 4.90 Å². The van der Waals surface area contributed by atoms with Crippen molar-refractivity contribution in [2.24, 2.45) is 5.92 Å². The van der Waals surface area contributed by atoms with E-state index >= 15 is 0 Å². The molecule has 118 valence electrons. The van der Waals surface area contributed by atoms with Crippen molar-refractivity contribution >= 4 is 31.6 Å². The van der Waals surface area contributed by atoms with Crippen LogP contribution in [0.2, 0.25) is 0 Å². The van der Waals surface area contributed by atoms with Gasteiger partial charge in [-0.05, 0) is 43.4 Å². The number of nitrogens with one attached hydrogen (secondary N) is 1. The van der Waals surface area contributed by atoms with Crippen LogP contribution in [-0.2, 0) is 10.0 Å². The van der Waals surface area contributed by atoms with E-state index in [2.05, 4.69) is 27.6 Å². The molecule has 1 aliphatic carbocycles. The van der Waals surface area contributed by atoms with E-state index in [1.165, 1.54) is 6.42 Å². The van der Waals surface area contributed by atoms with Crippen LogP contribution in [0.15, 0.2) is 21.5 Å². The number of benzene rings is 1. The van der Waals surface area contributed by atoms with Gasteiger partial charge in [0.25, 0.3) is 0 Å².